The molecule has 0 spiro atoms. The predicted octanol–water partition coefficient (Wildman–Crippen LogP) is 3.40. The average molecular weight is 162 g/mol. The number of rotatable bonds is 2. The van der Waals surface area contributed by atoms with Gasteiger partial charge in [0.05, 0.1) is 0 Å². The lowest BCUT2D eigenvalue weighted by atomic mass is 10.1. The first-order chi connectivity index (χ1) is 5.77. The molecule has 12 heavy (non-hydrogen) atoms. The molecule has 1 rings (SSSR count). The summed E-state index contributed by atoms with van der Waals surface area (Å²) in [6.07, 6.45) is 0.870. The zero-order chi connectivity index (χ0) is 8.97. The average Bonchev–Trinajstić information content (AvgIpc) is 2.10. The Morgan fingerprint density at radius 3 is 2.42 bits per heavy atom. The van der Waals surface area contributed by atoms with Crippen LogP contribution in [-0.4, -0.2) is 0 Å². The van der Waals surface area contributed by atoms with Crippen LogP contribution in [0.15, 0.2) is 36.6 Å². The minimum Gasteiger partial charge on any atom is -0.207 e. The summed E-state index contributed by atoms with van der Waals surface area (Å²) in [6, 6.07) is 6.38. The van der Waals surface area contributed by atoms with Crippen LogP contribution in [0.5, 0.6) is 0 Å². The van der Waals surface area contributed by atoms with Gasteiger partial charge in [-0.25, -0.2) is 4.39 Å². The standard InChI is InChI=1S/C11H11F/c1-3-9(4-2)10-5-7-11(12)8-6-10/h5-8H,1,4H2,2H3. The molecular weight excluding hydrogens is 151 g/mol. The van der Waals surface area contributed by atoms with E-state index >= 15 is 0 Å². The van der Waals surface area contributed by atoms with E-state index in [0.717, 1.165) is 17.6 Å². The van der Waals surface area contributed by atoms with Crippen LogP contribution >= 0.6 is 0 Å². The normalized spacial score (nSPS) is 9.17. The molecule has 62 valence electrons. The largest absolute Gasteiger partial charge is 0.207 e. The van der Waals surface area contributed by atoms with Crippen molar-refractivity contribution in [3.05, 3.63) is 48.0 Å². The maximum absolute atomic E-state index is 12.5. The van der Waals surface area contributed by atoms with Crippen LogP contribution in [0.3, 0.4) is 0 Å². The molecule has 1 heteroatoms. The molecule has 0 atom stereocenters. The maximum Gasteiger partial charge on any atom is 0.123 e. The number of allylic oxidation sites excluding steroid dienone is 1. The fourth-order valence-corrected chi connectivity index (χ4v) is 1.08. The zero-order valence-corrected chi connectivity index (χ0v) is 7.10. The predicted molar refractivity (Wildman–Crippen MR) is 49.2 cm³/mol. The Kier molecular flexibility index (Phi) is 2.84. The van der Waals surface area contributed by atoms with Crippen molar-refractivity contribution in [3.8, 4) is 0 Å². The number of halogens is 1. The molecule has 0 unspecified atom stereocenters. The highest BCUT2D eigenvalue weighted by Gasteiger charge is 1.97. The highest BCUT2D eigenvalue weighted by atomic mass is 19.1. The van der Waals surface area contributed by atoms with Crippen molar-refractivity contribution in [3.63, 3.8) is 0 Å². The van der Waals surface area contributed by atoms with Crippen LogP contribution in [-0.2, 0) is 0 Å². The van der Waals surface area contributed by atoms with E-state index in [1.807, 2.05) is 6.92 Å². The molecule has 0 aliphatic rings. The molecule has 1 aromatic rings. The highest BCUT2D eigenvalue weighted by molar-refractivity contribution is 5.64. The first-order valence-corrected chi connectivity index (χ1v) is 3.92. The number of benzene rings is 1. The molecule has 0 nitrogen and oxygen atoms in total. The van der Waals surface area contributed by atoms with E-state index in [9.17, 15) is 4.39 Å². The summed E-state index contributed by atoms with van der Waals surface area (Å²) >= 11 is 0. The summed E-state index contributed by atoms with van der Waals surface area (Å²) in [5.74, 6) is -0.210. The molecule has 0 bridgehead atoms. The fraction of sp³-hybridized carbons (Fsp3) is 0.182. The molecule has 0 N–H and O–H groups in total. The molecule has 1 aromatic carbocycles. The second-order valence-corrected chi connectivity index (χ2v) is 2.52. The molecule has 0 saturated carbocycles. The van der Waals surface area contributed by atoms with Crippen LogP contribution in [0.1, 0.15) is 18.9 Å². The zero-order valence-electron chi connectivity index (χ0n) is 7.10. The molecule has 0 saturated heterocycles. The van der Waals surface area contributed by atoms with Gasteiger partial charge in [-0.2, -0.15) is 0 Å². The fourth-order valence-electron chi connectivity index (χ4n) is 1.08. The second-order valence-electron chi connectivity index (χ2n) is 2.52. The van der Waals surface area contributed by atoms with Gasteiger partial charge in [0, 0.05) is 5.57 Å². The van der Waals surface area contributed by atoms with Crippen LogP contribution < -0.4 is 0 Å². The summed E-state index contributed by atoms with van der Waals surface area (Å²) in [7, 11) is 0. The molecule has 0 aliphatic carbocycles. The van der Waals surface area contributed by atoms with Gasteiger partial charge in [-0.05, 0) is 24.1 Å². The van der Waals surface area contributed by atoms with Crippen molar-refractivity contribution in [2.45, 2.75) is 13.3 Å². The lowest BCUT2D eigenvalue weighted by Gasteiger charge is -2.00. The van der Waals surface area contributed by atoms with E-state index in [0.29, 0.717) is 0 Å². The van der Waals surface area contributed by atoms with Crippen molar-refractivity contribution in [2.24, 2.45) is 0 Å². The Labute approximate surface area is 72.0 Å². The Bertz CT molecular complexity index is 302. The van der Waals surface area contributed by atoms with Crippen LogP contribution in [0, 0.1) is 5.82 Å². The van der Waals surface area contributed by atoms with Crippen molar-refractivity contribution < 1.29 is 4.39 Å². The van der Waals surface area contributed by atoms with Crippen LogP contribution in [0.4, 0.5) is 4.39 Å². The minimum absolute atomic E-state index is 0.210. The van der Waals surface area contributed by atoms with Crippen LogP contribution in [0.2, 0.25) is 0 Å². The lowest BCUT2D eigenvalue weighted by molar-refractivity contribution is 0.627. The minimum atomic E-state index is -0.210. The van der Waals surface area contributed by atoms with E-state index in [-0.39, 0.29) is 5.82 Å². The first kappa shape index (κ1) is 8.76. The van der Waals surface area contributed by atoms with Crippen molar-refractivity contribution >= 4 is 5.57 Å². The third-order valence-electron chi connectivity index (χ3n) is 1.76. The van der Waals surface area contributed by atoms with Crippen molar-refractivity contribution in [1.82, 2.24) is 0 Å². The molecule has 0 aliphatic heterocycles. The third-order valence-corrected chi connectivity index (χ3v) is 1.76. The van der Waals surface area contributed by atoms with E-state index in [1.54, 1.807) is 12.1 Å². The smallest absolute Gasteiger partial charge is 0.123 e. The topological polar surface area (TPSA) is 0 Å². The van der Waals surface area contributed by atoms with Gasteiger partial charge in [0.25, 0.3) is 0 Å². The summed E-state index contributed by atoms with van der Waals surface area (Å²) < 4.78 is 12.5. The summed E-state index contributed by atoms with van der Waals surface area (Å²) in [4.78, 5) is 0. The van der Waals surface area contributed by atoms with E-state index in [2.05, 4.69) is 12.3 Å². The van der Waals surface area contributed by atoms with Gasteiger partial charge in [-0.3, -0.25) is 0 Å². The molecular formula is C11H11F. The van der Waals surface area contributed by atoms with Gasteiger partial charge in [0.1, 0.15) is 5.82 Å². The molecule has 0 amide bonds. The summed E-state index contributed by atoms with van der Waals surface area (Å²) in [5, 5.41) is 0. The first-order valence-electron chi connectivity index (χ1n) is 3.92. The number of hydrogen-bond donors (Lipinski definition) is 0. The quantitative estimate of drug-likeness (QED) is 0.584. The summed E-state index contributed by atoms with van der Waals surface area (Å²) in [6.45, 7) is 5.60. The van der Waals surface area contributed by atoms with Gasteiger partial charge < -0.3 is 0 Å². The second kappa shape index (κ2) is 3.89. The van der Waals surface area contributed by atoms with Gasteiger partial charge in [0.15, 0.2) is 0 Å². The van der Waals surface area contributed by atoms with Gasteiger partial charge in [-0.15, -0.1) is 5.73 Å². The van der Waals surface area contributed by atoms with Gasteiger partial charge in [0.2, 0.25) is 0 Å². The SMILES string of the molecule is C=C=C(CC)c1ccc(F)cc1. The van der Waals surface area contributed by atoms with E-state index in [1.165, 1.54) is 12.1 Å². The molecule has 0 fully saturated rings. The monoisotopic (exact) mass is 162 g/mol. The van der Waals surface area contributed by atoms with E-state index < -0.39 is 0 Å². The Balaban J connectivity index is 3.04. The summed E-state index contributed by atoms with van der Waals surface area (Å²) in [5.41, 5.74) is 4.85. The Morgan fingerprint density at radius 2 is 2.00 bits per heavy atom. The van der Waals surface area contributed by atoms with Gasteiger partial charge in [-0.1, -0.05) is 25.6 Å². The molecule has 0 radical (unpaired) electrons. The highest BCUT2D eigenvalue weighted by Crippen LogP contribution is 2.16. The maximum atomic E-state index is 12.5. The van der Waals surface area contributed by atoms with Gasteiger partial charge >= 0.3 is 0 Å². The molecule has 0 aromatic heterocycles. The Morgan fingerprint density at radius 1 is 1.42 bits per heavy atom. The third kappa shape index (κ3) is 1.84. The van der Waals surface area contributed by atoms with Crippen molar-refractivity contribution in [2.75, 3.05) is 0 Å². The van der Waals surface area contributed by atoms with E-state index in [4.69, 9.17) is 0 Å². The Hall–Kier alpha value is -1.33. The van der Waals surface area contributed by atoms with Crippen molar-refractivity contribution in [1.29, 1.82) is 0 Å². The van der Waals surface area contributed by atoms with Crippen LogP contribution in [0.25, 0.3) is 5.57 Å². The molecule has 0 heterocycles. The number of hydrogen-bond acceptors (Lipinski definition) is 0. The lowest BCUT2D eigenvalue weighted by Crippen LogP contribution is -1.81.